The smallest absolute Gasteiger partial charge is 0.328 e. The lowest BCUT2D eigenvalue weighted by atomic mass is 10.0. The van der Waals surface area contributed by atoms with E-state index in [4.69, 9.17) is 9.84 Å². The fourth-order valence-corrected chi connectivity index (χ4v) is 2.41. The van der Waals surface area contributed by atoms with Gasteiger partial charge < -0.3 is 14.8 Å². The molecule has 2 N–H and O–H groups in total. The Bertz CT molecular complexity index is 665. The SMILES string of the molecule is COc1ccc2c(/C(=C/C(=O)O)C3CC3)c[nH]c2c1. The van der Waals surface area contributed by atoms with Gasteiger partial charge in [-0.2, -0.15) is 0 Å². The van der Waals surface area contributed by atoms with E-state index in [1.165, 1.54) is 6.08 Å². The van der Waals surface area contributed by atoms with E-state index in [0.717, 1.165) is 40.6 Å². The topological polar surface area (TPSA) is 62.3 Å². The van der Waals surface area contributed by atoms with Crippen LogP contribution in [-0.4, -0.2) is 23.2 Å². The summed E-state index contributed by atoms with van der Waals surface area (Å²) in [5.74, 6) is 0.290. The van der Waals surface area contributed by atoms with Gasteiger partial charge in [0.25, 0.3) is 0 Å². The highest BCUT2D eigenvalue weighted by molar-refractivity contribution is 5.99. The maximum atomic E-state index is 11.0. The van der Waals surface area contributed by atoms with Gasteiger partial charge >= 0.3 is 5.97 Å². The zero-order valence-corrected chi connectivity index (χ0v) is 10.6. The summed E-state index contributed by atoms with van der Waals surface area (Å²) in [6.45, 7) is 0. The highest BCUT2D eigenvalue weighted by Crippen LogP contribution is 2.44. The molecule has 19 heavy (non-hydrogen) atoms. The molecule has 1 aliphatic carbocycles. The van der Waals surface area contributed by atoms with Crippen LogP contribution in [0.4, 0.5) is 0 Å². The largest absolute Gasteiger partial charge is 0.497 e. The number of ether oxygens (including phenoxy) is 1. The summed E-state index contributed by atoms with van der Waals surface area (Å²) in [4.78, 5) is 14.2. The molecular weight excluding hydrogens is 242 g/mol. The summed E-state index contributed by atoms with van der Waals surface area (Å²) in [6, 6.07) is 5.78. The number of hydrogen-bond donors (Lipinski definition) is 2. The maximum absolute atomic E-state index is 11.0. The molecule has 0 spiro atoms. The average molecular weight is 257 g/mol. The monoisotopic (exact) mass is 257 g/mol. The second-order valence-electron chi connectivity index (χ2n) is 4.83. The van der Waals surface area contributed by atoms with Gasteiger partial charge in [0, 0.05) is 34.8 Å². The minimum absolute atomic E-state index is 0.386. The van der Waals surface area contributed by atoms with Crippen molar-refractivity contribution in [2.75, 3.05) is 7.11 Å². The van der Waals surface area contributed by atoms with Crippen LogP contribution in [0.2, 0.25) is 0 Å². The van der Waals surface area contributed by atoms with E-state index in [1.807, 2.05) is 24.4 Å². The van der Waals surface area contributed by atoms with Crippen molar-refractivity contribution in [3.8, 4) is 5.75 Å². The highest BCUT2D eigenvalue weighted by atomic mass is 16.5. The van der Waals surface area contributed by atoms with E-state index in [0.29, 0.717) is 5.92 Å². The predicted molar refractivity (Wildman–Crippen MR) is 73.2 cm³/mol. The van der Waals surface area contributed by atoms with Crippen LogP contribution in [0.15, 0.2) is 30.5 Å². The van der Waals surface area contributed by atoms with Crippen LogP contribution >= 0.6 is 0 Å². The Morgan fingerprint density at radius 1 is 1.47 bits per heavy atom. The van der Waals surface area contributed by atoms with E-state index in [9.17, 15) is 4.79 Å². The molecule has 0 aliphatic heterocycles. The van der Waals surface area contributed by atoms with Gasteiger partial charge in [0.1, 0.15) is 5.75 Å². The molecule has 4 nitrogen and oxygen atoms in total. The minimum atomic E-state index is -0.884. The lowest BCUT2D eigenvalue weighted by molar-refractivity contribution is -0.131. The summed E-state index contributed by atoms with van der Waals surface area (Å²) >= 11 is 0. The Hall–Kier alpha value is -2.23. The van der Waals surface area contributed by atoms with Gasteiger partial charge in [-0.1, -0.05) is 0 Å². The summed E-state index contributed by atoms with van der Waals surface area (Å²) in [6.07, 6.45) is 5.37. The van der Waals surface area contributed by atoms with Crippen molar-refractivity contribution in [2.24, 2.45) is 5.92 Å². The molecule has 98 valence electrons. The van der Waals surface area contributed by atoms with Crippen molar-refractivity contribution >= 4 is 22.4 Å². The first-order chi connectivity index (χ1) is 9.19. The van der Waals surface area contributed by atoms with Crippen LogP contribution in [0.1, 0.15) is 18.4 Å². The number of aliphatic carboxylic acids is 1. The Kier molecular flexibility index (Phi) is 2.78. The number of aromatic amines is 1. The van der Waals surface area contributed by atoms with Crippen LogP contribution < -0.4 is 4.74 Å². The normalized spacial score (nSPS) is 15.7. The first-order valence-corrected chi connectivity index (χ1v) is 6.29. The summed E-state index contributed by atoms with van der Waals surface area (Å²) < 4.78 is 5.19. The minimum Gasteiger partial charge on any atom is -0.497 e. The number of fused-ring (bicyclic) bond motifs is 1. The lowest BCUT2D eigenvalue weighted by Gasteiger charge is -2.04. The van der Waals surface area contributed by atoms with Crippen LogP contribution in [0.3, 0.4) is 0 Å². The molecule has 0 bridgehead atoms. The molecule has 0 amide bonds. The number of rotatable bonds is 4. The van der Waals surface area contributed by atoms with Crippen molar-refractivity contribution in [1.29, 1.82) is 0 Å². The van der Waals surface area contributed by atoms with E-state index in [-0.39, 0.29) is 0 Å². The van der Waals surface area contributed by atoms with E-state index >= 15 is 0 Å². The molecule has 1 aromatic carbocycles. The number of carbonyl (C=O) groups is 1. The zero-order valence-electron chi connectivity index (χ0n) is 10.6. The van der Waals surface area contributed by atoms with Crippen LogP contribution in [0.5, 0.6) is 5.75 Å². The quantitative estimate of drug-likeness (QED) is 0.827. The zero-order chi connectivity index (χ0) is 13.4. The number of carboxylic acid groups (broad SMARTS) is 1. The molecule has 1 heterocycles. The molecule has 3 rings (SSSR count). The van der Waals surface area contributed by atoms with Crippen LogP contribution in [-0.2, 0) is 4.79 Å². The molecular formula is C15H15NO3. The number of H-pyrrole nitrogens is 1. The molecule has 1 saturated carbocycles. The molecule has 1 aliphatic rings. The van der Waals surface area contributed by atoms with Crippen LogP contribution in [0, 0.1) is 5.92 Å². The summed E-state index contributed by atoms with van der Waals surface area (Å²) in [5.41, 5.74) is 2.87. The molecule has 2 aromatic rings. The van der Waals surface area contributed by atoms with Gasteiger partial charge in [-0.05, 0) is 36.5 Å². The third-order valence-corrected chi connectivity index (χ3v) is 3.50. The number of aromatic nitrogens is 1. The Balaban J connectivity index is 2.11. The maximum Gasteiger partial charge on any atom is 0.328 e. The number of methoxy groups -OCH3 is 1. The summed E-state index contributed by atoms with van der Waals surface area (Å²) in [5, 5.41) is 10.0. The number of allylic oxidation sites excluding steroid dienone is 1. The van der Waals surface area contributed by atoms with Gasteiger partial charge in [0.05, 0.1) is 7.11 Å². The molecule has 1 aromatic heterocycles. The van der Waals surface area contributed by atoms with Gasteiger partial charge in [0.15, 0.2) is 0 Å². The number of carboxylic acids is 1. The lowest BCUT2D eigenvalue weighted by Crippen LogP contribution is -1.93. The standard InChI is InChI=1S/C15H15NO3/c1-19-10-4-5-11-13(8-16-14(11)6-10)12(7-15(17)18)9-2-3-9/h4-9,16H,2-3H2,1H3,(H,17,18)/b12-7+. The second kappa shape index (κ2) is 4.46. The first kappa shape index (κ1) is 11.8. The number of benzene rings is 1. The molecule has 0 radical (unpaired) electrons. The number of nitrogens with one attached hydrogen (secondary N) is 1. The van der Waals surface area contributed by atoms with Gasteiger partial charge in [0.2, 0.25) is 0 Å². The van der Waals surface area contributed by atoms with Gasteiger partial charge in [-0.25, -0.2) is 4.79 Å². The second-order valence-corrected chi connectivity index (χ2v) is 4.83. The molecule has 0 saturated heterocycles. The Morgan fingerprint density at radius 2 is 2.26 bits per heavy atom. The third-order valence-electron chi connectivity index (χ3n) is 3.50. The Labute approximate surface area is 110 Å². The predicted octanol–water partition coefficient (Wildman–Crippen LogP) is 3.05. The van der Waals surface area contributed by atoms with E-state index in [2.05, 4.69) is 4.98 Å². The fourth-order valence-electron chi connectivity index (χ4n) is 2.41. The van der Waals surface area contributed by atoms with E-state index < -0.39 is 5.97 Å². The van der Waals surface area contributed by atoms with E-state index in [1.54, 1.807) is 7.11 Å². The van der Waals surface area contributed by atoms with Crippen molar-refractivity contribution in [2.45, 2.75) is 12.8 Å². The van der Waals surface area contributed by atoms with Crippen molar-refractivity contribution < 1.29 is 14.6 Å². The van der Waals surface area contributed by atoms with Gasteiger partial charge in [-0.15, -0.1) is 0 Å². The number of hydrogen-bond acceptors (Lipinski definition) is 2. The van der Waals surface area contributed by atoms with Crippen molar-refractivity contribution in [1.82, 2.24) is 4.98 Å². The van der Waals surface area contributed by atoms with Crippen LogP contribution in [0.25, 0.3) is 16.5 Å². The fraction of sp³-hybridized carbons (Fsp3) is 0.267. The van der Waals surface area contributed by atoms with Crippen molar-refractivity contribution in [3.63, 3.8) is 0 Å². The third kappa shape index (κ3) is 2.21. The molecule has 0 unspecified atom stereocenters. The van der Waals surface area contributed by atoms with Crippen molar-refractivity contribution in [3.05, 3.63) is 36.0 Å². The highest BCUT2D eigenvalue weighted by Gasteiger charge is 2.29. The van der Waals surface area contributed by atoms with Gasteiger partial charge in [-0.3, -0.25) is 0 Å². The Morgan fingerprint density at radius 3 is 2.89 bits per heavy atom. The molecule has 1 fully saturated rings. The molecule has 0 atom stereocenters. The first-order valence-electron chi connectivity index (χ1n) is 6.29. The molecule has 4 heteroatoms. The average Bonchev–Trinajstić information content (AvgIpc) is 3.15. The summed E-state index contributed by atoms with van der Waals surface area (Å²) in [7, 11) is 1.63.